The van der Waals surface area contributed by atoms with Crippen molar-refractivity contribution in [3.8, 4) is 0 Å². The number of rotatable bonds is 4. The van der Waals surface area contributed by atoms with E-state index >= 15 is 0 Å². The van der Waals surface area contributed by atoms with Gasteiger partial charge in [0.15, 0.2) is 0 Å². The number of nitrogens with one attached hydrogen (secondary N) is 2. The van der Waals surface area contributed by atoms with Crippen LogP contribution in [0.5, 0.6) is 0 Å². The Labute approximate surface area is 162 Å². The molecule has 1 aliphatic rings. The van der Waals surface area contributed by atoms with Crippen molar-refractivity contribution in [2.75, 3.05) is 6.54 Å². The second-order valence-corrected chi connectivity index (χ2v) is 6.76. The Morgan fingerprint density at radius 1 is 1.04 bits per heavy atom. The van der Waals surface area contributed by atoms with Gasteiger partial charge in [-0.05, 0) is 37.1 Å². The van der Waals surface area contributed by atoms with Crippen molar-refractivity contribution in [2.45, 2.75) is 26.7 Å². The van der Waals surface area contributed by atoms with Crippen LogP contribution in [0.2, 0.25) is 0 Å². The third-order valence-corrected chi connectivity index (χ3v) is 4.64. The fourth-order valence-corrected chi connectivity index (χ4v) is 3.16. The number of hydrazine groups is 1. The van der Waals surface area contributed by atoms with E-state index in [1.807, 2.05) is 26.0 Å². The van der Waals surface area contributed by atoms with Gasteiger partial charge in [0.05, 0.1) is 6.42 Å². The molecule has 1 heterocycles. The zero-order valence-corrected chi connectivity index (χ0v) is 15.7. The molecule has 144 valence electrons. The summed E-state index contributed by atoms with van der Waals surface area (Å²) in [5.74, 6) is -1.66. The van der Waals surface area contributed by atoms with Gasteiger partial charge in [-0.15, -0.1) is 0 Å². The third kappa shape index (κ3) is 4.09. The summed E-state index contributed by atoms with van der Waals surface area (Å²) in [5, 5.41) is 0. The molecule has 4 amide bonds. The minimum absolute atomic E-state index is 0.0444. The topological polar surface area (TPSA) is 95.6 Å². The lowest BCUT2D eigenvalue weighted by atomic mass is 9.98. The molecule has 0 saturated heterocycles. The summed E-state index contributed by atoms with van der Waals surface area (Å²) >= 11 is 0. The number of aryl methyl sites for hydroxylation is 2. The average Bonchev–Trinajstić information content (AvgIpc) is 2.66. The average molecular weight is 379 g/mol. The van der Waals surface area contributed by atoms with Gasteiger partial charge in [-0.3, -0.25) is 34.9 Å². The van der Waals surface area contributed by atoms with Crippen LogP contribution in [0.15, 0.2) is 42.5 Å². The Bertz CT molecular complexity index is 968. The molecule has 0 fully saturated rings. The highest BCUT2D eigenvalue weighted by atomic mass is 16.2. The maximum Gasteiger partial charge on any atom is 0.269 e. The molecule has 7 heteroatoms. The molecule has 0 radical (unpaired) electrons. The second kappa shape index (κ2) is 8.04. The van der Waals surface area contributed by atoms with E-state index in [2.05, 4.69) is 10.9 Å². The lowest BCUT2D eigenvalue weighted by Gasteiger charge is -2.26. The Balaban J connectivity index is 1.54. The van der Waals surface area contributed by atoms with Crippen LogP contribution < -0.4 is 10.9 Å². The predicted molar refractivity (Wildman–Crippen MR) is 102 cm³/mol. The van der Waals surface area contributed by atoms with Crippen LogP contribution in [0.25, 0.3) is 0 Å². The first-order valence-electron chi connectivity index (χ1n) is 8.96. The van der Waals surface area contributed by atoms with Crippen molar-refractivity contribution in [3.05, 3.63) is 70.3 Å². The van der Waals surface area contributed by atoms with Gasteiger partial charge in [0, 0.05) is 24.1 Å². The van der Waals surface area contributed by atoms with Gasteiger partial charge in [-0.2, -0.15) is 0 Å². The molecular formula is C21H21N3O4. The van der Waals surface area contributed by atoms with Crippen molar-refractivity contribution in [1.29, 1.82) is 0 Å². The number of carbonyl (C=O) groups is 4. The number of imide groups is 1. The van der Waals surface area contributed by atoms with E-state index in [1.165, 1.54) is 0 Å². The minimum Gasteiger partial charge on any atom is -0.278 e. The molecule has 0 bridgehead atoms. The summed E-state index contributed by atoms with van der Waals surface area (Å²) in [6.45, 7) is 3.70. The second-order valence-electron chi connectivity index (χ2n) is 6.76. The first-order valence-corrected chi connectivity index (χ1v) is 8.96. The van der Waals surface area contributed by atoms with Crippen molar-refractivity contribution >= 4 is 23.6 Å². The monoisotopic (exact) mass is 379 g/mol. The summed E-state index contributed by atoms with van der Waals surface area (Å²) in [7, 11) is 0. The first kappa shape index (κ1) is 19.3. The summed E-state index contributed by atoms with van der Waals surface area (Å²) in [6, 6.07) is 12.3. The van der Waals surface area contributed by atoms with E-state index in [-0.39, 0.29) is 25.3 Å². The lowest BCUT2D eigenvalue weighted by Crippen LogP contribution is -2.46. The van der Waals surface area contributed by atoms with Crippen LogP contribution in [0, 0.1) is 13.8 Å². The molecule has 0 spiro atoms. The van der Waals surface area contributed by atoms with E-state index < -0.39 is 17.7 Å². The van der Waals surface area contributed by atoms with Gasteiger partial charge in [0.25, 0.3) is 11.8 Å². The number of nitrogens with zero attached hydrogens (tertiary/aromatic N) is 1. The Morgan fingerprint density at radius 2 is 1.79 bits per heavy atom. The van der Waals surface area contributed by atoms with Crippen LogP contribution in [0.1, 0.15) is 43.8 Å². The molecule has 2 N–H and O–H groups in total. The van der Waals surface area contributed by atoms with Gasteiger partial charge >= 0.3 is 0 Å². The smallest absolute Gasteiger partial charge is 0.269 e. The Hall–Kier alpha value is -3.48. The summed E-state index contributed by atoms with van der Waals surface area (Å²) in [6.07, 6.45) is 0.0276. The molecule has 0 aromatic heterocycles. The number of hydrogen-bond acceptors (Lipinski definition) is 4. The van der Waals surface area contributed by atoms with Gasteiger partial charge in [-0.1, -0.05) is 35.9 Å². The molecule has 0 aliphatic carbocycles. The Morgan fingerprint density at radius 3 is 2.54 bits per heavy atom. The van der Waals surface area contributed by atoms with Crippen LogP contribution in [-0.2, 0) is 16.0 Å². The molecule has 7 nitrogen and oxygen atoms in total. The molecular weight excluding hydrogens is 358 g/mol. The van der Waals surface area contributed by atoms with Crippen molar-refractivity contribution in [2.24, 2.45) is 0 Å². The van der Waals surface area contributed by atoms with Gasteiger partial charge in [-0.25, -0.2) is 0 Å². The van der Waals surface area contributed by atoms with E-state index in [0.717, 1.165) is 16.0 Å². The van der Waals surface area contributed by atoms with Crippen molar-refractivity contribution in [1.82, 2.24) is 15.8 Å². The van der Waals surface area contributed by atoms with Gasteiger partial charge < -0.3 is 0 Å². The van der Waals surface area contributed by atoms with Crippen LogP contribution in [-0.4, -0.2) is 35.1 Å². The third-order valence-electron chi connectivity index (χ3n) is 4.64. The molecule has 28 heavy (non-hydrogen) atoms. The normalized spacial score (nSPS) is 13.1. The summed E-state index contributed by atoms with van der Waals surface area (Å²) in [5.41, 5.74) is 8.15. The quantitative estimate of drug-likeness (QED) is 0.624. The van der Waals surface area contributed by atoms with E-state index in [0.29, 0.717) is 16.7 Å². The van der Waals surface area contributed by atoms with E-state index in [9.17, 15) is 19.2 Å². The zero-order valence-electron chi connectivity index (χ0n) is 15.7. The number of fused-ring (bicyclic) bond motifs is 1. The van der Waals surface area contributed by atoms with Crippen molar-refractivity contribution in [3.63, 3.8) is 0 Å². The minimum atomic E-state index is -0.488. The van der Waals surface area contributed by atoms with Gasteiger partial charge in [0.2, 0.25) is 11.8 Å². The number of hydrogen-bond donors (Lipinski definition) is 2. The number of amides is 4. The molecule has 0 atom stereocenters. The highest BCUT2D eigenvalue weighted by Crippen LogP contribution is 2.19. The molecule has 2 aromatic carbocycles. The van der Waals surface area contributed by atoms with E-state index in [1.54, 1.807) is 30.3 Å². The summed E-state index contributed by atoms with van der Waals surface area (Å²) in [4.78, 5) is 50.0. The molecule has 1 aliphatic heterocycles. The molecule has 0 saturated carbocycles. The molecule has 3 rings (SSSR count). The van der Waals surface area contributed by atoms with Crippen LogP contribution in [0.4, 0.5) is 0 Å². The summed E-state index contributed by atoms with van der Waals surface area (Å²) < 4.78 is 0. The Kier molecular flexibility index (Phi) is 5.54. The van der Waals surface area contributed by atoms with Crippen molar-refractivity contribution < 1.29 is 19.2 Å². The largest absolute Gasteiger partial charge is 0.278 e. The maximum absolute atomic E-state index is 12.5. The maximum atomic E-state index is 12.5. The fourth-order valence-electron chi connectivity index (χ4n) is 3.16. The molecule has 2 aromatic rings. The number of carbonyl (C=O) groups excluding carboxylic acids is 4. The predicted octanol–water partition coefficient (Wildman–Crippen LogP) is 1.68. The number of benzene rings is 2. The SMILES string of the molecule is Cc1ccc(C(=O)NNC(=O)CCN2C(=O)Cc3ccccc3C2=O)c(C)c1. The fraction of sp³-hybridized carbons (Fsp3) is 0.238. The van der Waals surface area contributed by atoms with E-state index in [4.69, 9.17) is 0 Å². The first-order chi connectivity index (χ1) is 13.4. The van der Waals surface area contributed by atoms with Gasteiger partial charge in [0.1, 0.15) is 0 Å². The standard InChI is InChI=1S/C21H21N3O4/c1-13-7-8-16(14(2)11-13)20(27)23-22-18(25)9-10-24-19(26)12-15-5-3-4-6-17(15)21(24)28/h3-8,11H,9-10,12H2,1-2H3,(H,22,25)(H,23,27). The molecule has 0 unspecified atom stereocenters. The van der Waals surface area contributed by atoms with Crippen LogP contribution >= 0.6 is 0 Å². The highest BCUT2D eigenvalue weighted by molar-refractivity contribution is 6.09. The van der Waals surface area contributed by atoms with Crippen LogP contribution in [0.3, 0.4) is 0 Å². The lowest BCUT2D eigenvalue weighted by molar-refractivity contribution is -0.129. The highest BCUT2D eigenvalue weighted by Gasteiger charge is 2.30. The zero-order chi connectivity index (χ0) is 20.3.